The molecule has 0 spiro atoms. The van der Waals surface area contributed by atoms with E-state index in [1.165, 1.54) is 0 Å². The number of carbonyl (C=O) groups is 2. The summed E-state index contributed by atoms with van der Waals surface area (Å²) in [5, 5.41) is 5.71. The standard InChI is InChI=1S/C24H23BrN2O3/c1-24(2,30-21-14-8-18(25)9-15-21)23(29)27-20-12-10-19(11-13-20)26-22(28)16-17-6-4-3-5-7-17/h3-15H,16H2,1-2H3,(H,26,28)(H,27,29). The molecule has 0 fully saturated rings. The lowest BCUT2D eigenvalue weighted by Crippen LogP contribution is -2.42. The van der Waals surface area contributed by atoms with Gasteiger partial charge >= 0.3 is 0 Å². The van der Waals surface area contributed by atoms with Gasteiger partial charge in [-0.15, -0.1) is 0 Å². The van der Waals surface area contributed by atoms with Crippen molar-refractivity contribution in [1.29, 1.82) is 0 Å². The number of benzene rings is 3. The van der Waals surface area contributed by atoms with Crippen LogP contribution in [0, 0.1) is 0 Å². The van der Waals surface area contributed by atoms with Gasteiger partial charge < -0.3 is 15.4 Å². The average Bonchev–Trinajstić information content (AvgIpc) is 2.71. The third-order valence-electron chi connectivity index (χ3n) is 4.37. The number of hydrogen-bond donors (Lipinski definition) is 2. The van der Waals surface area contributed by atoms with Gasteiger partial charge in [0.25, 0.3) is 5.91 Å². The zero-order valence-corrected chi connectivity index (χ0v) is 18.4. The molecule has 0 aromatic heterocycles. The Labute approximate surface area is 184 Å². The summed E-state index contributed by atoms with van der Waals surface area (Å²) in [7, 11) is 0. The van der Waals surface area contributed by atoms with E-state index < -0.39 is 5.60 Å². The fourth-order valence-corrected chi connectivity index (χ4v) is 3.01. The molecular weight excluding hydrogens is 444 g/mol. The third kappa shape index (κ3) is 6.19. The SMILES string of the molecule is CC(C)(Oc1ccc(Br)cc1)C(=O)Nc1ccc(NC(=O)Cc2ccccc2)cc1. The number of ether oxygens (including phenoxy) is 1. The molecule has 2 amide bonds. The van der Waals surface area contributed by atoms with E-state index in [4.69, 9.17) is 4.74 Å². The molecule has 0 aliphatic rings. The first-order valence-electron chi connectivity index (χ1n) is 9.52. The normalized spacial score (nSPS) is 10.9. The van der Waals surface area contributed by atoms with Gasteiger partial charge in [0.1, 0.15) is 5.75 Å². The third-order valence-corrected chi connectivity index (χ3v) is 4.90. The largest absolute Gasteiger partial charge is 0.478 e. The number of anilines is 2. The highest BCUT2D eigenvalue weighted by Crippen LogP contribution is 2.23. The highest BCUT2D eigenvalue weighted by atomic mass is 79.9. The number of hydrogen-bond acceptors (Lipinski definition) is 3. The minimum absolute atomic E-state index is 0.0954. The van der Waals surface area contributed by atoms with Crippen LogP contribution >= 0.6 is 15.9 Å². The summed E-state index contributed by atoms with van der Waals surface area (Å²) >= 11 is 3.37. The van der Waals surface area contributed by atoms with Crippen LogP contribution in [0.15, 0.2) is 83.3 Å². The maximum Gasteiger partial charge on any atom is 0.267 e. The average molecular weight is 467 g/mol. The number of carbonyl (C=O) groups excluding carboxylic acids is 2. The van der Waals surface area contributed by atoms with Crippen molar-refractivity contribution in [2.45, 2.75) is 25.9 Å². The molecule has 0 atom stereocenters. The Kier molecular flexibility index (Phi) is 6.90. The van der Waals surface area contributed by atoms with E-state index >= 15 is 0 Å². The minimum atomic E-state index is -1.06. The molecule has 3 aromatic carbocycles. The van der Waals surface area contributed by atoms with Gasteiger partial charge in [-0.1, -0.05) is 46.3 Å². The first-order chi connectivity index (χ1) is 14.3. The van der Waals surface area contributed by atoms with Crippen molar-refractivity contribution in [3.63, 3.8) is 0 Å². The van der Waals surface area contributed by atoms with Gasteiger partial charge in [0.15, 0.2) is 5.60 Å². The quantitative estimate of drug-likeness (QED) is 0.487. The van der Waals surface area contributed by atoms with Crippen molar-refractivity contribution >= 4 is 39.1 Å². The molecule has 0 saturated carbocycles. The van der Waals surface area contributed by atoms with Crippen LogP contribution in [-0.4, -0.2) is 17.4 Å². The molecule has 0 saturated heterocycles. The van der Waals surface area contributed by atoms with Crippen LogP contribution in [0.25, 0.3) is 0 Å². The van der Waals surface area contributed by atoms with Gasteiger partial charge in [0.2, 0.25) is 5.91 Å². The van der Waals surface area contributed by atoms with Crippen molar-refractivity contribution in [1.82, 2.24) is 0 Å². The molecule has 0 radical (unpaired) electrons. The Morgan fingerprint density at radius 1 is 0.833 bits per heavy atom. The molecule has 0 heterocycles. The van der Waals surface area contributed by atoms with Gasteiger partial charge in [0.05, 0.1) is 6.42 Å². The monoisotopic (exact) mass is 466 g/mol. The maximum absolute atomic E-state index is 12.7. The Balaban J connectivity index is 1.55. The molecule has 30 heavy (non-hydrogen) atoms. The molecule has 0 aliphatic heterocycles. The van der Waals surface area contributed by atoms with Crippen LogP contribution in [0.3, 0.4) is 0 Å². The van der Waals surface area contributed by atoms with Crippen molar-refractivity contribution in [2.75, 3.05) is 10.6 Å². The second-order valence-electron chi connectivity index (χ2n) is 7.31. The Morgan fingerprint density at radius 3 is 2.00 bits per heavy atom. The molecule has 6 heteroatoms. The summed E-state index contributed by atoms with van der Waals surface area (Å²) in [5.41, 5.74) is 1.18. The number of nitrogens with one attached hydrogen (secondary N) is 2. The summed E-state index contributed by atoms with van der Waals surface area (Å²) in [6, 6.07) is 23.8. The second kappa shape index (κ2) is 9.59. The topological polar surface area (TPSA) is 67.4 Å². The van der Waals surface area contributed by atoms with Crippen molar-refractivity contribution < 1.29 is 14.3 Å². The highest BCUT2D eigenvalue weighted by molar-refractivity contribution is 9.10. The lowest BCUT2D eigenvalue weighted by atomic mass is 10.1. The minimum Gasteiger partial charge on any atom is -0.478 e. The highest BCUT2D eigenvalue weighted by Gasteiger charge is 2.30. The Morgan fingerprint density at radius 2 is 1.40 bits per heavy atom. The zero-order valence-electron chi connectivity index (χ0n) is 16.8. The van der Waals surface area contributed by atoms with E-state index in [0.717, 1.165) is 10.0 Å². The first kappa shape index (κ1) is 21.6. The number of amides is 2. The summed E-state index contributed by atoms with van der Waals surface area (Å²) in [4.78, 5) is 24.8. The molecule has 0 aliphatic carbocycles. The second-order valence-corrected chi connectivity index (χ2v) is 8.22. The van der Waals surface area contributed by atoms with E-state index in [0.29, 0.717) is 23.5 Å². The van der Waals surface area contributed by atoms with E-state index in [-0.39, 0.29) is 11.8 Å². The molecule has 154 valence electrons. The molecule has 0 unspecified atom stereocenters. The molecular formula is C24H23BrN2O3. The fraction of sp³-hybridized carbons (Fsp3) is 0.167. The lowest BCUT2D eigenvalue weighted by Gasteiger charge is -2.25. The number of halogens is 1. The Bertz CT molecular complexity index is 1000. The lowest BCUT2D eigenvalue weighted by molar-refractivity contribution is -0.128. The maximum atomic E-state index is 12.7. The number of rotatable bonds is 7. The van der Waals surface area contributed by atoms with Crippen molar-refractivity contribution in [3.05, 3.63) is 88.9 Å². The summed E-state index contributed by atoms with van der Waals surface area (Å²) < 4.78 is 6.77. The predicted octanol–water partition coefficient (Wildman–Crippen LogP) is 5.43. The summed E-state index contributed by atoms with van der Waals surface area (Å²) in [6.45, 7) is 3.42. The van der Waals surface area contributed by atoms with Crippen LogP contribution < -0.4 is 15.4 Å². The Hall–Kier alpha value is -3.12. The van der Waals surface area contributed by atoms with Crippen molar-refractivity contribution in [2.24, 2.45) is 0 Å². The fourth-order valence-electron chi connectivity index (χ4n) is 2.75. The van der Waals surface area contributed by atoms with Crippen LogP contribution in [0.2, 0.25) is 0 Å². The molecule has 5 nitrogen and oxygen atoms in total. The van der Waals surface area contributed by atoms with Gasteiger partial charge in [-0.05, 0) is 67.9 Å². The smallest absolute Gasteiger partial charge is 0.267 e. The van der Waals surface area contributed by atoms with Gasteiger partial charge in [-0.25, -0.2) is 0 Å². The van der Waals surface area contributed by atoms with E-state index in [9.17, 15) is 9.59 Å². The molecule has 0 bridgehead atoms. The molecule has 2 N–H and O–H groups in total. The van der Waals surface area contributed by atoms with E-state index in [1.54, 1.807) is 50.2 Å². The van der Waals surface area contributed by atoms with Gasteiger partial charge in [0, 0.05) is 15.8 Å². The molecule has 3 aromatic rings. The predicted molar refractivity (Wildman–Crippen MR) is 123 cm³/mol. The summed E-state index contributed by atoms with van der Waals surface area (Å²) in [5.74, 6) is 0.239. The van der Waals surface area contributed by atoms with Gasteiger partial charge in [-0.3, -0.25) is 9.59 Å². The van der Waals surface area contributed by atoms with E-state index in [2.05, 4.69) is 26.6 Å². The van der Waals surface area contributed by atoms with Gasteiger partial charge in [-0.2, -0.15) is 0 Å². The first-order valence-corrected chi connectivity index (χ1v) is 10.3. The zero-order chi connectivity index (χ0) is 21.6. The molecule has 3 rings (SSSR count). The van der Waals surface area contributed by atoms with E-state index in [1.807, 2.05) is 42.5 Å². The van der Waals surface area contributed by atoms with Crippen LogP contribution in [0.1, 0.15) is 19.4 Å². The summed E-state index contributed by atoms with van der Waals surface area (Å²) in [6.07, 6.45) is 0.306. The van der Waals surface area contributed by atoms with Crippen LogP contribution in [0.5, 0.6) is 5.75 Å². The van der Waals surface area contributed by atoms with Crippen LogP contribution in [0.4, 0.5) is 11.4 Å². The van der Waals surface area contributed by atoms with Crippen LogP contribution in [-0.2, 0) is 16.0 Å². The van der Waals surface area contributed by atoms with Crippen molar-refractivity contribution in [3.8, 4) is 5.75 Å².